The lowest BCUT2D eigenvalue weighted by Gasteiger charge is -2.13. The molecule has 3 aromatic rings. The molecule has 1 heterocycles. The van der Waals surface area contributed by atoms with Crippen LogP contribution in [0.2, 0.25) is 0 Å². The summed E-state index contributed by atoms with van der Waals surface area (Å²) in [6.45, 7) is 5.87. The van der Waals surface area contributed by atoms with Crippen LogP contribution >= 0.6 is 0 Å². The van der Waals surface area contributed by atoms with E-state index in [1.165, 1.54) is 6.07 Å². The highest BCUT2D eigenvalue weighted by molar-refractivity contribution is 6.07. The molecule has 0 aliphatic heterocycles. The van der Waals surface area contributed by atoms with Gasteiger partial charge in [-0.25, -0.2) is 4.39 Å². The number of hydrogen-bond donors (Lipinski definition) is 1. The molecular weight excluding hydrogens is 305 g/mol. The van der Waals surface area contributed by atoms with Crippen molar-refractivity contribution < 1.29 is 13.6 Å². The van der Waals surface area contributed by atoms with Crippen LogP contribution in [0.5, 0.6) is 0 Å². The second-order valence-corrected chi connectivity index (χ2v) is 5.79. The fraction of sp³-hybridized carbons (Fsp3) is 0.250. The maximum atomic E-state index is 13.9. The monoisotopic (exact) mass is 325 g/mol. The normalized spacial score (nSPS) is 11.0. The predicted octanol–water partition coefficient (Wildman–Crippen LogP) is 5.26. The van der Waals surface area contributed by atoms with Gasteiger partial charge in [-0.1, -0.05) is 44.2 Å². The van der Waals surface area contributed by atoms with Gasteiger partial charge in [0.05, 0.1) is 0 Å². The van der Waals surface area contributed by atoms with Crippen LogP contribution in [-0.4, -0.2) is 5.91 Å². The van der Waals surface area contributed by atoms with Crippen LogP contribution in [0, 0.1) is 12.7 Å². The fourth-order valence-corrected chi connectivity index (χ4v) is 3.00. The summed E-state index contributed by atoms with van der Waals surface area (Å²) in [5, 5.41) is 3.59. The first-order valence-electron chi connectivity index (χ1n) is 8.16. The lowest BCUT2D eigenvalue weighted by molar-refractivity contribution is 0.0997. The van der Waals surface area contributed by atoms with Crippen molar-refractivity contribution in [3.63, 3.8) is 0 Å². The Morgan fingerprint density at radius 2 is 1.71 bits per heavy atom. The van der Waals surface area contributed by atoms with Crippen molar-refractivity contribution in [3.8, 4) is 0 Å². The molecule has 1 aromatic heterocycles. The van der Waals surface area contributed by atoms with E-state index in [-0.39, 0.29) is 17.3 Å². The largest absolute Gasteiger partial charge is 0.448 e. The van der Waals surface area contributed by atoms with E-state index in [1.54, 1.807) is 19.1 Å². The molecule has 0 unspecified atom stereocenters. The van der Waals surface area contributed by atoms with E-state index in [0.29, 0.717) is 10.9 Å². The maximum absolute atomic E-state index is 13.9. The van der Waals surface area contributed by atoms with E-state index in [1.807, 2.05) is 32.0 Å². The number of amides is 1. The van der Waals surface area contributed by atoms with Gasteiger partial charge in [-0.05, 0) is 37.0 Å². The van der Waals surface area contributed by atoms with Gasteiger partial charge < -0.3 is 9.73 Å². The van der Waals surface area contributed by atoms with Gasteiger partial charge in [-0.2, -0.15) is 0 Å². The number of carbonyl (C=O) groups excluding carboxylic acids is 1. The van der Waals surface area contributed by atoms with Gasteiger partial charge in [0.25, 0.3) is 5.91 Å². The third-order valence-electron chi connectivity index (χ3n) is 4.36. The number of carbonyl (C=O) groups is 1. The van der Waals surface area contributed by atoms with Crippen LogP contribution in [0.15, 0.2) is 40.8 Å². The summed E-state index contributed by atoms with van der Waals surface area (Å²) < 4.78 is 19.4. The van der Waals surface area contributed by atoms with E-state index < -0.39 is 5.82 Å². The van der Waals surface area contributed by atoms with Crippen molar-refractivity contribution in [1.82, 2.24) is 0 Å². The van der Waals surface area contributed by atoms with E-state index in [9.17, 15) is 9.18 Å². The van der Waals surface area contributed by atoms with Crippen LogP contribution in [0.3, 0.4) is 0 Å². The summed E-state index contributed by atoms with van der Waals surface area (Å²) in [6, 6.07) is 10.7. The van der Waals surface area contributed by atoms with E-state index in [4.69, 9.17) is 4.42 Å². The molecule has 1 amide bonds. The molecule has 2 aromatic carbocycles. The lowest BCUT2D eigenvalue weighted by Crippen LogP contribution is -2.15. The number of hydrogen-bond acceptors (Lipinski definition) is 2. The highest BCUT2D eigenvalue weighted by atomic mass is 19.1. The van der Waals surface area contributed by atoms with Gasteiger partial charge in [0.1, 0.15) is 0 Å². The molecular formula is C20H20FNO2. The Bertz CT molecular complexity index is 889. The first kappa shape index (κ1) is 16.2. The third kappa shape index (κ3) is 2.68. The molecule has 0 bridgehead atoms. The molecule has 0 aliphatic rings. The predicted molar refractivity (Wildman–Crippen MR) is 94.1 cm³/mol. The van der Waals surface area contributed by atoms with Crippen LogP contribution in [0.4, 0.5) is 10.1 Å². The smallest absolute Gasteiger partial charge is 0.291 e. The van der Waals surface area contributed by atoms with Crippen molar-refractivity contribution >= 4 is 22.6 Å². The van der Waals surface area contributed by atoms with Gasteiger partial charge >= 0.3 is 0 Å². The minimum absolute atomic E-state index is 0.125. The molecule has 0 fully saturated rings. The van der Waals surface area contributed by atoms with Crippen molar-refractivity contribution in [1.29, 1.82) is 0 Å². The number of halogens is 1. The fourth-order valence-electron chi connectivity index (χ4n) is 3.00. The highest BCUT2D eigenvalue weighted by Gasteiger charge is 2.21. The first-order chi connectivity index (χ1) is 11.6. The maximum Gasteiger partial charge on any atom is 0.291 e. The van der Waals surface area contributed by atoms with E-state index >= 15 is 0 Å². The SMILES string of the molecule is CCc1cccc(CC)c1NC(=O)c1oc2c(F)cccc2c1C. The molecule has 3 rings (SSSR count). The topological polar surface area (TPSA) is 42.2 Å². The third-order valence-corrected chi connectivity index (χ3v) is 4.36. The number of anilines is 1. The average molecular weight is 325 g/mol. The summed E-state index contributed by atoms with van der Waals surface area (Å²) in [5.74, 6) is -0.653. The Kier molecular flexibility index (Phi) is 4.38. The summed E-state index contributed by atoms with van der Waals surface area (Å²) in [7, 11) is 0. The van der Waals surface area contributed by atoms with Crippen molar-refractivity contribution in [2.75, 3.05) is 5.32 Å². The molecule has 0 radical (unpaired) electrons. The number of aryl methyl sites for hydroxylation is 3. The number of rotatable bonds is 4. The molecule has 0 aliphatic carbocycles. The second-order valence-electron chi connectivity index (χ2n) is 5.79. The van der Waals surface area contributed by atoms with Crippen molar-refractivity contribution in [3.05, 3.63) is 64.7 Å². The Morgan fingerprint density at radius 3 is 2.29 bits per heavy atom. The Balaban J connectivity index is 2.03. The number of furan rings is 1. The zero-order valence-corrected chi connectivity index (χ0v) is 14.1. The van der Waals surface area contributed by atoms with Crippen molar-refractivity contribution in [2.24, 2.45) is 0 Å². The minimum Gasteiger partial charge on any atom is -0.448 e. The molecule has 0 spiro atoms. The molecule has 0 saturated carbocycles. The summed E-state index contributed by atoms with van der Waals surface area (Å²) in [4.78, 5) is 12.7. The van der Waals surface area contributed by atoms with Crippen molar-refractivity contribution in [2.45, 2.75) is 33.6 Å². The Labute approximate surface area is 140 Å². The average Bonchev–Trinajstić information content (AvgIpc) is 2.93. The number of para-hydroxylation sites is 2. The van der Waals surface area contributed by atoms with Crippen LogP contribution in [-0.2, 0) is 12.8 Å². The van der Waals surface area contributed by atoms with E-state index in [2.05, 4.69) is 5.32 Å². The van der Waals surface area contributed by atoms with E-state index in [0.717, 1.165) is 29.7 Å². The lowest BCUT2D eigenvalue weighted by atomic mass is 10.0. The second kappa shape index (κ2) is 6.48. The summed E-state index contributed by atoms with van der Waals surface area (Å²) in [6.07, 6.45) is 1.63. The highest BCUT2D eigenvalue weighted by Crippen LogP contribution is 2.29. The zero-order chi connectivity index (χ0) is 17.3. The standard InChI is InChI=1S/C20H20FNO2/c1-4-13-8-6-9-14(5-2)17(13)22-20(23)18-12(3)15-10-7-11-16(21)19(15)24-18/h6-11H,4-5H2,1-3H3,(H,22,23). The van der Waals surface area contributed by atoms with Gasteiger partial charge in [-0.15, -0.1) is 0 Å². The molecule has 0 atom stereocenters. The zero-order valence-electron chi connectivity index (χ0n) is 14.1. The minimum atomic E-state index is -0.460. The summed E-state index contributed by atoms with van der Waals surface area (Å²) in [5.41, 5.74) is 3.74. The van der Waals surface area contributed by atoms with Crippen LogP contribution < -0.4 is 5.32 Å². The van der Waals surface area contributed by atoms with Gasteiger partial charge in [0, 0.05) is 16.6 Å². The number of nitrogens with one attached hydrogen (secondary N) is 1. The van der Waals surface area contributed by atoms with Gasteiger partial charge in [0.15, 0.2) is 17.2 Å². The molecule has 0 saturated heterocycles. The van der Waals surface area contributed by atoms with Crippen LogP contribution in [0.1, 0.15) is 41.1 Å². The molecule has 1 N–H and O–H groups in total. The molecule has 124 valence electrons. The first-order valence-corrected chi connectivity index (χ1v) is 8.16. The van der Waals surface area contributed by atoms with Gasteiger partial charge in [0.2, 0.25) is 0 Å². The summed E-state index contributed by atoms with van der Waals surface area (Å²) >= 11 is 0. The molecule has 3 nitrogen and oxygen atoms in total. The Morgan fingerprint density at radius 1 is 1.08 bits per heavy atom. The quantitative estimate of drug-likeness (QED) is 0.711. The number of benzene rings is 2. The van der Waals surface area contributed by atoms with Crippen LogP contribution in [0.25, 0.3) is 11.0 Å². The Hall–Kier alpha value is -2.62. The molecule has 4 heteroatoms. The van der Waals surface area contributed by atoms with Gasteiger partial charge in [-0.3, -0.25) is 4.79 Å². The number of fused-ring (bicyclic) bond motifs is 1. The molecule has 24 heavy (non-hydrogen) atoms.